The van der Waals surface area contributed by atoms with Gasteiger partial charge in [-0.1, -0.05) is 0 Å². The van der Waals surface area contributed by atoms with Gasteiger partial charge in [-0.2, -0.15) is 0 Å². The van der Waals surface area contributed by atoms with E-state index in [0.717, 1.165) is 19.2 Å². The molecule has 0 aromatic heterocycles. The van der Waals surface area contributed by atoms with Crippen molar-refractivity contribution < 1.29 is 13.9 Å². The maximum atomic E-state index is 13.0. The van der Waals surface area contributed by atoms with E-state index in [1.165, 1.54) is 12.1 Å². The molecular weight excluding hydrogens is 212 g/mol. The minimum atomic E-state index is -0.828. The van der Waals surface area contributed by atoms with Gasteiger partial charge in [0.1, 0.15) is 11.6 Å². The summed E-state index contributed by atoms with van der Waals surface area (Å²) in [4.78, 5) is 0. The maximum Gasteiger partial charge on any atom is 0.126 e. The molecule has 1 fully saturated rings. The third-order valence-electron chi connectivity index (χ3n) is 2.99. The van der Waals surface area contributed by atoms with Crippen LogP contribution in [0.2, 0.25) is 0 Å². The van der Waals surface area contributed by atoms with E-state index >= 15 is 0 Å². The summed E-state index contributed by atoms with van der Waals surface area (Å²) in [7, 11) is 0. The van der Waals surface area contributed by atoms with Gasteiger partial charge in [-0.25, -0.2) is 8.78 Å². The van der Waals surface area contributed by atoms with Gasteiger partial charge in [0, 0.05) is 12.5 Å². The fourth-order valence-corrected chi connectivity index (χ4v) is 2.16. The Bertz CT molecular complexity index is 355. The highest BCUT2D eigenvalue weighted by molar-refractivity contribution is 5.20. The minimum Gasteiger partial charge on any atom is -0.389 e. The van der Waals surface area contributed by atoms with Crippen LogP contribution in [-0.2, 0) is 6.42 Å². The van der Waals surface area contributed by atoms with Crippen molar-refractivity contribution in [3.8, 4) is 0 Å². The number of hydrogen-bond donors (Lipinski definition) is 2. The molecule has 1 aromatic carbocycles. The second-order valence-corrected chi connectivity index (χ2v) is 4.43. The smallest absolute Gasteiger partial charge is 0.126 e. The van der Waals surface area contributed by atoms with Crippen LogP contribution >= 0.6 is 0 Å². The standard InChI is InChI=1S/C12H15F2NO/c13-10-5-9(6-11(14)7-10)8-12(16)1-3-15-4-2-12/h5-7,15-16H,1-4,8H2. The first kappa shape index (κ1) is 11.5. The van der Waals surface area contributed by atoms with Crippen molar-refractivity contribution >= 4 is 0 Å². The molecule has 2 rings (SSSR count). The fraction of sp³-hybridized carbons (Fsp3) is 0.500. The van der Waals surface area contributed by atoms with E-state index in [0.29, 0.717) is 24.8 Å². The minimum absolute atomic E-state index is 0.309. The van der Waals surface area contributed by atoms with Gasteiger partial charge < -0.3 is 10.4 Å². The number of hydrogen-bond acceptors (Lipinski definition) is 2. The lowest BCUT2D eigenvalue weighted by Gasteiger charge is -2.32. The summed E-state index contributed by atoms with van der Waals surface area (Å²) in [5, 5.41) is 13.4. The Hall–Kier alpha value is -1.00. The molecule has 1 heterocycles. The third kappa shape index (κ3) is 2.77. The summed E-state index contributed by atoms with van der Waals surface area (Å²) in [5.41, 5.74) is -0.312. The van der Waals surface area contributed by atoms with Crippen LogP contribution in [0.25, 0.3) is 0 Å². The van der Waals surface area contributed by atoms with Crippen molar-refractivity contribution in [2.75, 3.05) is 13.1 Å². The molecule has 0 unspecified atom stereocenters. The first-order chi connectivity index (χ1) is 7.57. The molecule has 0 atom stereocenters. The molecule has 0 amide bonds. The van der Waals surface area contributed by atoms with E-state index in [1.54, 1.807) is 0 Å². The number of aliphatic hydroxyl groups is 1. The van der Waals surface area contributed by atoms with Crippen LogP contribution in [0.15, 0.2) is 18.2 Å². The Morgan fingerprint density at radius 2 is 1.69 bits per heavy atom. The topological polar surface area (TPSA) is 32.3 Å². The van der Waals surface area contributed by atoms with Crippen LogP contribution in [0, 0.1) is 11.6 Å². The first-order valence-corrected chi connectivity index (χ1v) is 5.45. The molecule has 0 bridgehead atoms. The summed E-state index contributed by atoms with van der Waals surface area (Å²) >= 11 is 0. The summed E-state index contributed by atoms with van der Waals surface area (Å²) < 4.78 is 25.9. The summed E-state index contributed by atoms with van der Waals surface area (Å²) in [6.45, 7) is 1.49. The van der Waals surface area contributed by atoms with Crippen molar-refractivity contribution in [2.45, 2.75) is 24.9 Å². The van der Waals surface area contributed by atoms with Gasteiger partial charge in [0.15, 0.2) is 0 Å². The monoisotopic (exact) mass is 227 g/mol. The SMILES string of the molecule is OC1(Cc2cc(F)cc(F)c2)CCNCC1. The van der Waals surface area contributed by atoms with Crippen molar-refractivity contribution in [3.63, 3.8) is 0 Å². The van der Waals surface area contributed by atoms with E-state index < -0.39 is 17.2 Å². The van der Waals surface area contributed by atoms with Gasteiger partial charge in [-0.15, -0.1) is 0 Å². The second-order valence-electron chi connectivity index (χ2n) is 4.43. The van der Waals surface area contributed by atoms with Crippen molar-refractivity contribution in [1.29, 1.82) is 0 Å². The highest BCUT2D eigenvalue weighted by Gasteiger charge is 2.29. The highest BCUT2D eigenvalue weighted by atomic mass is 19.1. The van der Waals surface area contributed by atoms with Crippen LogP contribution in [0.5, 0.6) is 0 Å². The van der Waals surface area contributed by atoms with Crippen molar-refractivity contribution in [3.05, 3.63) is 35.4 Å². The molecule has 88 valence electrons. The average molecular weight is 227 g/mol. The van der Waals surface area contributed by atoms with E-state index in [-0.39, 0.29) is 0 Å². The molecule has 16 heavy (non-hydrogen) atoms. The molecule has 0 saturated carbocycles. The lowest BCUT2D eigenvalue weighted by Crippen LogP contribution is -2.43. The lowest BCUT2D eigenvalue weighted by atomic mass is 9.86. The molecule has 1 aliphatic rings. The molecule has 4 heteroatoms. The van der Waals surface area contributed by atoms with Crippen molar-refractivity contribution in [1.82, 2.24) is 5.32 Å². The molecule has 2 N–H and O–H groups in total. The largest absolute Gasteiger partial charge is 0.389 e. The zero-order chi connectivity index (χ0) is 11.6. The predicted octanol–water partition coefficient (Wildman–Crippen LogP) is 1.62. The Morgan fingerprint density at radius 1 is 1.12 bits per heavy atom. The second kappa shape index (κ2) is 4.47. The van der Waals surface area contributed by atoms with E-state index in [4.69, 9.17) is 0 Å². The number of nitrogens with one attached hydrogen (secondary N) is 1. The average Bonchev–Trinajstić information content (AvgIpc) is 2.15. The lowest BCUT2D eigenvalue weighted by molar-refractivity contribution is 0.0108. The van der Waals surface area contributed by atoms with Crippen LogP contribution in [0.4, 0.5) is 8.78 Å². The van der Waals surface area contributed by atoms with E-state index in [2.05, 4.69) is 5.32 Å². The van der Waals surface area contributed by atoms with E-state index in [9.17, 15) is 13.9 Å². The Balaban J connectivity index is 2.13. The Morgan fingerprint density at radius 3 is 2.25 bits per heavy atom. The quantitative estimate of drug-likeness (QED) is 0.804. The molecular formula is C12H15F2NO. The first-order valence-electron chi connectivity index (χ1n) is 5.45. The van der Waals surface area contributed by atoms with Gasteiger partial charge in [-0.05, 0) is 43.6 Å². The summed E-state index contributed by atoms with van der Waals surface area (Å²) in [6, 6.07) is 3.40. The van der Waals surface area contributed by atoms with Gasteiger partial charge in [-0.3, -0.25) is 0 Å². The molecule has 0 spiro atoms. The summed E-state index contributed by atoms with van der Waals surface area (Å²) in [5.74, 6) is -1.18. The number of benzene rings is 1. The van der Waals surface area contributed by atoms with Gasteiger partial charge in [0.25, 0.3) is 0 Å². The Labute approximate surface area is 93.3 Å². The van der Waals surface area contributed by atoms with Crippen LogP contribution in [-0.4, -0.2) is 23.8 Å². The Kier molecular flexibility index (Phi) is 3.21. The highest BCUT2D eigenvalue weighted by Crippen LogP contribution is 2.24. The zero-order valence-electron chi connectivity index (χ0n) is 8.97. The molecule has 1 aliphatic heterocycles. The molecule has 1 saturated heterocycles. The molecule has 0 aliphatic carbocycles. The maximum absolute atomic E-state index is 13.0. The number of piperidine rings is 1. The van der Waals surface area contributed by atoms with Gasteiger partial charge in [0.05, 0.1) is 5.60 Å². The molecule has 0 radical (unpaired) electrons. The number of rotatable bonds is 2. The van der Waals surface area contributed by atoms with Crippen molar-refractivity contribution in [2.24, 2.45) is 0 Å². The fourth-order valence-electron chi connectivity index (χ4n) is 2.16. The van der Waals surface area contributed by atoms with Crippen LogP contribution < -0.4 is 5.32 Å². The normalized spacial score (nSPS) is 19.7. The van der Waals surface area contributed by atoms with E-state index in [1.807, 2.05) is 0 Å². The molecule has 1 aromatic rings. The van der Waals surface area contributed by atoms with Crippen LogP contribution in [0.1, 0.15) is 18.4 Å². The third-order valence-corrected chi connectivity index (χ3v) is 2.99. The molecule has 2 nitrogen and oxygen atoms in total. The summed E-state index contributed by atoms with van der Waals surface area (Å²) in [6.07, 6.45) is 1.54. The van der Waals surface area contributed by atoms with Gasteiger partial charge >= 0.3 is 0 Å². The van der Waals surface area contributed by atoms with Crippen LogP contribution in [0.3, 0.4) is 0 Å². The van der Waals surface area contributed by atoms with Gasteiger partial charge in [0.2, 0.25) is 0 Å². The predicted molar refractivity (Wildman–Crippen MR) is 57.1 cm³/mol. The zero-order valence-corrected chi connectivity index (χ0v) is 8.97. The number of halogens is 2.